The highest BCUT2D eigenvalue weighted by Crippen LogP contribution is 2.18. The monoisotopic (exact) mass is 327 g/mol. The third kappa shape index (κ3) is 3.53. The van der Waals surface area contributed by atoms with Crippen molar-refractivity contribution in [2.75, 3.05) is 13.2 Å². The van der Waals surface area contributed by atoms with Gasteiger partial charge in [0.2, 0.25) is 0 Å². The number of aromatic amines is 1. The SMILES string of the molecule is CCOc1ccc(CCNC(=O)c2ccc3nc[nH]c3c2)cc1F. The van der Waals surface area contributed by atoms with Crippen LogP contribution in [-0.2, 0) is 6.42 Å². The number of fused-ring (bicyclic) bond motifs is 1. The number of rotatable bonds is 6. The van der Waals surface area contributed by atoms with Crippen LogP contribution in [0.3, 0.4) is 0 Å². The van der Waals surface area contributed by atoms with Crippen LogP contribution in [0.4, 0.5) is 4.39 Å². The molecule has 0 aliphatic heterocycles. The van der Waals surface area contributed by atoms with E-state index in [9.17, 15) is 9.18 Å². The Hall–Kier alpha value is -2.89. The molecule has 124 valence electrons. The topological polar surface area (TPSA) is 67.0 Å². The minimum absolute atomic E-state index is 0.169. The summed E-state index contributed by atoms with van der Waals surface area (Å²) >= 11 is 0. The Morgan fingerprint density at radius 1 is 1.29 bits per heavy atom. The quantitative estimate of drug-likeness (QED) is 0.731. The van der Waals surface area contributed by atoms with Gasteiger partial charge in [0, 0.05) is 12.1 Å². The average Bonchev–Trinajstić information content (AvgIpc) is 3.05. The van der Waals surface area contributed by atoms with Crippen molar-refractivity contribution >= 4 is 16.9 Å². The smallest absolute Gasteiger partial charge is 0.251 e. The molecular formula is C18H18FN3O2. The van der Waals surface area contributed by atoms with Crippen LogP contribution in [0.5, 0.6) is 5.75 Å². The number of imidazole rings is 1. The van der Waals surface area contributed by atoms with Crippen molar-refractivity contribution in [3.8, 4) is 5.75 Å². The van der Waals surface area contributed by atoms with E-state index < -0.39 is 0 Å². The standard InChI is InChI=1S/C18H18FN3O2/c1-2-24-17-6-3-12(9-14(17)19)7-8-20-18(23)13-4-5-15-16(10-13)22-11-21-15/h3-6,9-11H,2,7-8H2,1H3,(H,20,23)(H,21,22). The second-order valence-corrected chi connectivity index (χ2v) is 5.34. The Balaban J connectivity index is 1.57. The maximum atomic E-state index is 13.8. The molecule has 0 radical (unpaired) electrons. The van der Waals surface area contributed by atoms with Crippen molar-refractivity contribution in [1.82, 2.24) is 15.3 Å². The average molecular weight is 327 g/mol. The highest BCUT2D eigenvalue weighted by atomic mass is 19.1. The van der Waals surface area contributed by atoms with Crippen molar-refractivity contribution in [2.45, 2.75) is 13.3 Å². The van der Waals surface area contributed by atoms with E-state index in [1.54, 1.807) is 36.7 Å². The lowest BCUT2D eigenvalue weighted by Crippen LogP contribution is -2.25. The molecule has 2 N–H and O–H groups in total. The number of H-pyrrole nitrogens is 1. The van der Waals surface area contributed by atoms with Gasteiger partial charge >= 0.3 is 0 Å². The molecule has 24 heavy (non-hydrogen) atoms. The minimum atomic E-state index is -0.384. The molecule has 0 fully saturated rings. The van der Waals surface area contributed by atoms with Crippen LogP contribution in [0.2, 0.25) is 0 Å². The number of amides is 1. The lowest BCUT2D eigenvalue weighted by atomic mass is 10.1. The minimum Gasteiger partial charge on any atom is -0.491 e. The number of benzene rings is 2. The molecule has 0 aliphatic rings. The van der Waals surface area contributed by atoms with E-state index in [1.807, 2.05) is 6.92 Å². The van der Waals surface area contributed by atoms with Gasteiger partial charge in [-0.05, 0) is 49.2 Å². The molecule has 0 unspecified atom stereocenters. The van der Waals surface area contributed by atoms with Crippen molar-refractivity contribution in [1.29, 1.82) is 0 Å². The number of hydrogen-bond acceptors (Lipinski definition) is 3. The molecule has 3 aromatic rings. The zero-order chi connectivity index (χ0) is 16.9. The first kappa shape index (κ1) is 16.0. The second kappa shape index (κ2) is 7.12. The van der Waals surface area contributed by atoms with Crippen molar-refractivity contribution < 1.29 is 13.9 Å². The fraction of sp³-hybridized carbons (Fsp3) is 0.222. The van der Waals surface area contributed by atoms with Gasteiger partial charge in [0.05, 0.1) is 24.0 Å². The van der Waals surface area contributed by atoms with Gasteiger partial charge in [-0.2, -0.15) is 0 Å². The number of nitrogens with zero attached hydrogens (tertiary/aromatic N) is 1. The normalized spacial score (nSPS) is 10.8. The summed E-state index contributed by atoms with van der Waals surface area (Å²) in [6.07, 6.45) is 2.13. The lowest BCUT2D eigenvalue weighted by Gasteiger charge is -2.08. The molecule has 1 heterocycles. The largest absolute Gasteiger partial charge is 0.491 e. The third-order valence-electron chi connectivity index (χ3n) is 3.68. The Morgan fingerprint density at radius 2 is 2.17 bits per heavy atom. The van der Waals surface area contributed by atoms with E-state index in [0.29, 0.717) is 25.1 Å². The molecule has 0 saturated heterocycles. The second-order valence-electron chi connectivity index (χ2n) is 5.34. The summed E-state index contributed by atoms with van der Waals surface area (Å²) in [5, 5.41) is 2.84. The molecule has 2 aromatic carbocycles. The van der Waals surface area contributed by atoms with Crippen LogP contribution in [0.15, 0.2) is 42.7 Å². The molecule has 5 nitrogen and oxygen atoms in total. The van der Waals surface area contributed by atoms with Gasteiger partial charge < -0.3 is 15.0 Å². The Kier molecular flexibility index (Phi) is 4.74. The molecule has 1 amide bonds. The summed E-state index contributed by atoms with van der Waals surface area (Å²) in [5.74, 6) is -0.304. The highest BCUT2D eigenvalue weighted by molar-refractivity contribution is 5.97. The fourth-order valence-electron chi connectivity index (χ4n) is 2.47. The lowest BCUT2D eigenvalue weighted by molar-refractivity contribution is 0.0954. The molecular weight excluding hydrogens is 309 g/mol. The van der Waals surface area contributed by atoms with Gasteiger partial charge in [-0.25, -0.2) is 9.37 Å². The van der Waals surface area contributed by atoms with Crippen LogP contribution in [-0.4, -0.2) is 29.0 Å². The van der Waals surface area contributed by atoms with Gasteiger partial charge in [0.1, 0.15) is 0 Å². The van der Waals surface area contributed by atoms with Crippen LogP contribution in [0.1, 0.15) is 22.8 Å². The third-order valence-corrected chi connectivity index (χ3v) is 3.68. The first-order valence-corrected chi connectivity index (χ1v) is 7.80. The zero-order valence-corrected chi connectivity index (χ0v) is 13.3. The summed E-state index contributed by atoms with van der Waals surface area (Å²) in [7, 11) is 0. The Morgan fingerprint density at radius 3 is 2.96 bits per heavy atom. The molecule has 3 rings (SSSR count). The van der Waals surface area contributed by atoms with Gasteiger partial charge in [0.15, 0.2) is 11.6 Å². The van der Waals surface area contributed by atoms with E-state index in [0.717, 1.165) is 16.6 Å². The number of carbonyl (C=O) groups is 1. The van der Waals surface area contributed by atoms with Crippen LogP contribution < -0.4 is 10.1 Å². The number of aromatic nitrogens is 2. The van der Waals surface area contributed by atoms with Gasteiger partial charge in [-0.15, -0.1) is 0 Å². The summed E-state index contributed by atoms with van der Waals surface area (Å²) in [4.78, 5) is 19.3. The van der Waals surface area contributed by atoms with Crippen molar-refractivity contribution in [3.05, 3.63) is 59.7 Å². The number of hydrogen-bond donors (Lipinski definition) is 2. The first-order valence-electron chi connectivity index (χ1n) is 7.80. The summed E-state index contributed by atoms with van der Waals surface area (Å²) < 4.78 is 19.0. The number of halogens is 1. The predicted octanol–water partition coefficient (Wildman–Crippen LogP) is 3.07. The van der Waals surface area contributed by atoms with Crippen molar-refractivity contribution in [2.24, 2.45) is 0 Å². The zero-order valence-electron chi connectivity index (χ0n) is 13.3. The van der Waals surface area contributed by atoms with Crippen LogP contribution >= 0.6 is 0 Å². The van der Waals surface area contributed by atoms with E-state index in [-0.39, 0.29) is 17.5 Å². The predicted molar refractivity (Wildman–Crippen MR) is 89.7 cm³/mol. The van der Waals surface area contributed by atoms with Gasteiger partial charge in [0.25, 0.3) is 5.91 Å². The molecule has 1 aromatic heterocycles. The molecule has 0 spiro atoms. The van der Waals surface area contributed by atoms with Gasteiger partial charge in [-0.3, -0.25) is 4.79 Å². The molecule has 6 heteroatoms. The summed E-state index contributed by atoms with van der Waals surface area (Å²) in [5.41, 5.74) is 3.00. The van der Waals surface area contributed by atoms with E-state index in [4.69, 9.17) is 4.74 Å². The van der Waals surface area contributed by atoms with Crippen molar-refractivity contribution in [3.63, 3.8) is 0 Å². The number of carbonyl (C=O) groups excluding carboxylic acids is 1. The summed E-state index contributed by atoms with van der Waals surface area (Å²) in [6.45, 7) is 2.66. The van der Waals surface area contributed by atoms with Gasteiger partial charge in [-0.1, -0.05) is 6.07 Å². The van der Waals surface area contributed by atoms with Crippen LogP contribution in [0.25, 0.3) is 11.0 Å². The maximum absolute atomic E-state index is 13.8. The Bertz CT molecular complexity index is 860. The molecule has 0 aliphatic carbocycles. The van der Waals surface area contributed by atoms with E-state index >= 15 is 0 Å². The fourth-order valence-corrected chi connectivity index (χ4v) is 2.47. The van der Waals surface area contributed by atoms with E-state index in [2.05, 4.69) is 15.3 Å². The maximum Gasteiger partial charge on any atom is 0.251 e. The number of ether oxygens (including phenoxy) is 1. The molecule has 0 atom stereocenters. The highest BCUT2D eigenvalue weighted by Gasteiger charge is 2.08. The van der Waals surface area contributed by atoms with E-state index in [1.165, 1.54) is 6.07 Å². The first-order chi connectivity index (χ1) is 11.7. The summed E-state index contributed by atoms with van der Waals surface area (Å²) in [6, 6.07) is 10.1. The van der Waals surface area contributed by atoms with Crippen LogP contribution in [0, 0.1) is 5.82 Å². The Labute approximate surface area is 138 Å². The molecule has 0 bridgehead atoms. The molecule has 0 saturated carbocycles. The number of nitrogens with one attached hydrogen (secondary N) is 2.